The highest BCUT2D eigenvalue weighted by Crippen LogP contribution is 2.26. The summed E-state index contributed by atoms with van der Waals surface area (Å²) in [5, 5.41) is 31.4. The molecule has 6 unspecified atom stereocenters. The lowest BCUT2D eigenvalue weighted by atomic mass is 9.98. The van der Waals surface area contributed by atoms with E-state index in [0.717, 1.165) is 70.6 Å². The molecule has 0 aromatic carbocycles. The molecule has 0 aromatic rings. The van der Waals surface area contributed by atoms with Crippen molar-refractivity contribution in [3.8, 4) is 0 Å². The van der Waals surface area contributed by atoms with E-state index in [9.17, 15) is 34.5 Å². The Kier molecular flexibility index (Phi) is 43.7. The standard InChI is InChI=1S/C59H100O12/c1-4-7-10-13-16-19-21-23-25-26-28-30-32-35-38-41-44-47-53(62)70-57-55(64)54(63)56(58(65)66)71-59(57)68-49-50(69-52(61)46-43-40-37-33-18-15-12-9-6-3)48-67-51(60)45-42-39-36-34-31-29-27-24-22-20-17-14-11-8-5-2/h7,10,16,19,23,25,28,30,35,38,50,54-57,59,63-64H,4-6,8-9,11-15,17-18,20-22,24,26-27,29,31-34,36-37,39-49H2,1-3H3,(H,65,66)/b10-7-,19-16-,25-23-,30-28-,38-35-. The van der Waals surface area contributed by atoms with Gasteiger partial charge in [0.25, 0.3) is 0 Å². The van der Waals surface area contributed by atoms with E-state index in [1.165, 1.54) is 103 Å². The third-order valence-corrected chi connectivity index (χ3v) is 12.6. The molecule has 1 aliphatic rings. The van der Waals surface area contributed by atoms with Gasteiger partial charge in [-0.15, -0.1) is 0 Å². The van der Waals surface area contributed by atoms with Gasteiger partial charge in [-0.1, -0.05) is 223 Å². The second kappa shape index (κ2) is 47.4. The molecule has 3 N–H and O–H groups in total. The number of esters is 3. The predicted octanol–water partition coefficient (Wildman–Crippen LogP) is 14.0. The number of hydrogen-bond acceptors (Lipinski definition) is 11. The molecule has 0 saturated carbocycles. The molecule has 71 heavy (non-hydrogen) atoms. The molecule has 0 aliphatic carbocycles. The van der Waals surface area contributed by atoms with Gasteiger partial charge in [0.2, 0.25) is 0 Å². The average molecular weight is 1000 g/mol. The lowest BCUT2D eigenvalue weighted by Gasteiger charge is -2.40. The van der Waals surface area contributed by atoms with Crippen LogP contribution in [0.1, 0.15) is 239 Å². The quantitative estimate of drug-likeness (QED) is 0.0228. The third-order valence-electron chi connectivity index (χ3n) is 12.6. The van der Waals surface area contributed by atoms with Crippen molar-refractivity contribution in [2.24, 2.45) is 0 Å². The van der Waals surface area contributed by atoms with Crippen molar-refractivity contribution in [1.82, 2.24) is 0 Å². The Morgan fingerprint density at radius 3 is 1.34 bits per heavy atom. The van der Waals surface area contributed by atoms with E-state index in [1.54, 1.807) is 0 Å². The first kappa shape index (κ1) is 65.4. The molecular formula is C59H100O12. The summed E-state index contributed by atoms with van der Waals surface area (Å²) in [6.07, 6.45) is 45.0. The van der Waals surface area contributed by atoms with Gasteiger partial charge in [-0.25, -0.2) is 4.79 Å². The number of carboxylic acid groups (broad SMARTS) is 1. The van der Waals surface area contributed by atoms with Gasteiger partial charge in [-0.05, 0) is 57.8 Å². The number of carbonyl (C=O) groups excluding carboxylic acids is 3. The van der Waals surface area contributed by atoms with Crippen molar-refractivity contribution in [2.75, 3.05) is 13.2 Å². The number of unbranched alkanes of at least 4 members (excludes halogenated alkanes) is 23. The SMILES string of the molecule is CC/C=C\C/C=C\C/C=C\C/C=C\C/C=C\CCCC(=O)OC1C(OCC(COC(=O)CCCCCCCCCCCCCCCCC)OC(=O)CCCCCCCCCCC)OC(C(=O)O)C(O)C1O. The Hall–Kier alpha value is -3.58. The summed E-state index contributed by atoms with van der Waals surface area (Å²) in [5.41, 5.74) is 0. The highest BCUT2D eigenvalue weighted by molar-refractivity contribution is 5.74. The summed E-state index contributed by atoms with van der Waals surface area (Å²) in [6.45, 7) is 5.83. The maximum atomic E-state index is 13.0. The fraction of sp³-hybridized carbons (Fsp3) is 0.763. The molecule has 1 saturated heterocycles. The molecule has 408 valence electrons. The minimum Gasteiger partial charge on any atom is -0.479 e. The topological polar surface area (TPSA) is 175 Å². The molecule has 1 fully saturated rings. The zero-order valence-electron chi connectivity index (χ0n) is 44.7. The van der Waals surface area contributed by atoms with Crippen molar-refractivity contribution < 1.29 is 58.2 Å². The van der Waals surface area contributed by atoms with Crippen molar-refractivity contribution >= 4 is 23.9 Å². The Morgan fingerprint density at radius 1 is 0.479 bits per heavy atom. The molecule has 6 atom stereocenters. The van der Waals surface area contributed by atoms with E-state index in [1.807, 2.05) is 12.2 Å². The second-order valence-corrected chi connectivity index (χ2v) is 19.2. The number of hydrogen-bond donors (Lipinski definition) is 3. The van der Waals surface area contributed by atoms with Crippen LogP contribution in [0.5, 0.6) is 0 Å². The lowest BCUT2D eigenvalue weighted by molar-refractivity contribution is -0.301. The first-order valence-corrected chi connectivity index (χ1v) is 28.3. The maximum Gasteiger partial charge on any atom is 0.335 e. The van der Waals surface area contributed by atoms with Gasteiger partial charge < -0.3 is 39.0 Å². The van der Waals surface area contributed by atoms with Crippen LogP contribution in [0.3, 0.4) is 0 Å². The predicted molar refractivity (Wildman–Crippen MR) is 285 cm³/mol. The van der Waals surface area contributed by atoms with Crippen molar-refractivity contribution in [3.63, 3.8) is 0 Å². The number of carboxylic acids is 1. The number of rotatable bonds is 47. The number of allylic oxidation sites excluding steroid dienone is 10. The van der Waals surface area contributed by atoms with E-state index in [4.69, 9.17) is 23.7 Å². The van der Waals surface area contributed by atoms with Crippen LogP contribution in [0.2, 0.25) is 0 Å². The summed E-state index contributed by atoms with van der Waals surface area (Å²) in [7, 11) is 0. The van der Waals surface area contributed by atoms with Gasteiger partial charge in [0, 0.05) is 19.3 Å². The zero-order chi connectivity index (χ0) is 51.8. The average Bonchev–Trinajstić information content (AvgIpc) is 3.35. The number of aliphatic hydroxyl groups excluding tert-OH is 2. The van der Waals surface area contributed by atoms with Gasteiger partial charge >= 0.3 is 23.9 Å². The Morgan fingerprint density at radius 2 is 0.887 bits per heavy atom. The van der Waals surface area contributed by atoms with Crippen LogP contribution in [-0.2, 0) is 42.9 Å². The van der Waals surface area contributed by atoms with Crippen LogP contribution >= 0.6 is 0 Å². The molecule has 1 aliphatic heterocycles. The van der Waals surface area contributed by atoms with Crippen LogP contribution in [0.4, 0.5) is 0 Å². The number of aliphatic hydroxyl groups is 2. The fourth-order valence-corrected chi connectivity index (χ4v) is 8.29. The summed E-state index contributed by atoms with van der Waals surface area (Å²) in [6, 6.07) is 0. The normalized spacial score (nSPS) is 18.9. The van der Waals surface area contributed by atoms with Crippen LogP contribution in [0, 0.1) is 0 Å². The summed E-state index contributed by atoms with van der Waals surface area (Å²) < 4.78 is 28.3. The van der Waals surface area contributed by atoms with Crippen molar-refractivity contribution in [1.29, 1.82) is 0 Å². The van der Waals surface area contributed by atoms with Crippen LogP contribution in [-0.4, -0.2) is 89.2 Å². The molecular weight excluding hydrogens is 901 g/mol. The first-order valence-electron chi connectivity index (χ1n) is 28.3. The zero-order valence-corrected chi connectivity index (χ0v) is 44.7. The first-order chi connectivity index (χ1) is 34.6. The smallest absolute Gasteiger partial charge is 0.335 e. The summed E-state index contributed by atoms with van der Waals surface area (Å²) in [5.74, 6) is -3.19. The summed E-state index contributed by atoms with van der Waals surface area (Å²) in [4.78, 5) is 50.9. The van der Waals surface area contributed by atoms with Crippen LogP contribution in [0.15, 0.2) is 60.8 Å². The van der Waals surface area contributed by atoms with Gasteiger partial charge in [0.15, 0.2) is 24.6 Å². The molecule has 0 bridgehead atoms. The lowest BCUT2D eigenvalue weighted by Crippen LogP contribution is -2.61. The van der Waals surface area contributed by atoms with Crippen molar-refractivity contribution in [3.05, 3.63) is 60.8 Å². The Balaban J connectivity index is 2.70. The molecule has 1 heterocycles. The number of aliphatic carboxylic acids is 1. The number of carbonyl (C=O) groups is 4. The van der Waals surface area contributed by atoms with Crippen LogP contribution < -0.4 is 0 Å². The monoisotopic (exact) mass is 1000 g/mol. The highest BCUT2D eigenvalue weighted by Gasteiger charge is 2.50. The third kappa shape index (κ3) is 37.8. The van der Waals surface area contributed by atoms with E-state index >= 15 is 0 Å². The second-order valence-electron chi connectivity index (χ2n) is 19.2. The van der Waals surface area contributed by atoms with E-state index in [2.05, 4.69) is 69.4 Å². The Labute approximate surface area is 430 Å². The van der Waals surface area contributed by atoms with Gasteiger partial charge in [0.1, 0.15) is 18.8 Å². The minimum atomic E-state index is -1.92. The van der Waals surface area contributed by atoms with Crippen LogP contribution in [0.25, 0.3) is 0 Å². The maximum absolute atomic E-state index is 13.0. The molecule has 0 aromatic heterocycles. The molecule has 0 radical (unpaired) electrons. The number of ether oxygens (including phenoxy) is 5. The summed E-state index contributed by atoms with van der Waals surface area (Å²) >= 11 is 0. The molecule has 0 spiro atoms. The fourth-order valence-electron chi connectivity index (χ4n) is 8.29. The minimum absolute atomic E-state index is 0.0168. The van der Waals surface area contributed by atoms with Gasteiger partial charge in [-0.3, -0.25) is 14.4 Å². The van der Waals surface area contributed by atoms with E-state index < -0.39 is 67.3 Å². The Bertz CT molecular complexity index is 1470. The van der Waals surface area contributed by atoms with E-state index in [-0.39, 0.29) is 25.9 Å². The highest BCUT2D eigenvalue weighted by atomic mass is 16.7. The molecule has 0 amide bonds. The van der Waals surface area contributed by atoms with Crippen molar-refractivity contribution in [2.45, 2.75) is 276 Å². The van der Waals surface area contributed by atoms with Gasteiger partial charge in [-0.2, -0.15) is 0 Å². The van der Waals surface area contributed by atoms with Gasteiger partial charge in [0.05, 0.1) is 6.61 Å². The molecule has 12 nitrogen and oxygen atoms in total. The molecule has 1 rings (SSSR count). The van der Waals surface area contributed by atoms with E-state index in [0.29, 0.717) is 25.7 Å². The molecule has 12 heteroatoms. The largest absolute Gasteiger partial charge is 0.479 e.